The maximum atomic E-state index is 10.1. The summed E-state index contributed by atoms with van der Waals surface area (Å²) >= 11 is 0. The lowest BCUT2D eigenvalue weighted by Gasteiger charge is -2.11. The van der Waals surface area contributed by atoms with E-state index in [0.717, 1.165) is 6.54 Å². The summed E-state index contributed by atoms with van der Waals surface area (Å²) < 4.78 is 0. The second-order valence-corrected chi connectivity index (χ2v) is 2.48. The summed E-state index contributed by atoms with van der Waals surface area (Å²) in [5.74, 6) is -0.739. The van der Waals surface area contributed by atoms with Gasteiger partial charge in [-0.15, -0.1) is 0 Å². The van der Waals surface area contributed by atoms with Crippen molar-refractivity contribution in [1.29, 1.82) is 0 Å². The summed E-state index contributed by atoms with van der Waals surface area (Å²) in [5, 5.41) is 8.34. The van der Waals surface area contributed by atoms with Crippen LogP contribution in [0.5, 0.6) is 0 Å². The molecule has 0 aliphatic rings. The summed E-state index contributed by atoms with van der Waals surface area (Å²) in [6, 6.07) is 0. The first-order valence-electron chi connectivity index (χ1n) is 3.68. The number of nitrogens with zero attached hydrogens (tertiary/aromatic N) is 1. The zero-order valence-electron chi connectivity index (χ0n) is 7.08. The minimum Gasteiger partial charge on any atom is -0.481 e. The molecule has 0 spiro atoms. The summed E-state index contributed by atoms with van der Waals surface area (Å²) in [6.45, 7) is 3.38. The van der Waals surface area contributed by atoms with E-state index in [1.54, 1.807) is 0 Å². The van der Waals surface area contributed by atoms with Crippen LogP contribution in [0.1, 0.15) is 13.3 Å². The summed E-state index contributed by atoms with van der Waals surface area (Å²) in [4.78, 5) is 12.1. The van der Waals surface area contributed by atoms with Crippen molar-refractivity contribution in [3.8, 4) is 0 Å². The van der Waals surface area contributed by atoms with E-state index in [2.05, 4.69) is 0 Å². The molecule has 0 heterocycles. The number of carbonyl (C=O) groups is 1. The van der Waals surface area contributed by atoms with Crippen LogP contribution < -0.4 is 0 Å². The Morgan fingerprint density at radius 1 is 1.64 bits per heavy atom. The number of likely N-dealkylation sites (N-methyl/N-ethyl adjacent to an activating group) is 1. The van der Waals surface area contributed by atoms with Crippen molar-refractivity contribution in [2.45, 2.75) is 13.3 Å². The van der Waals surface area contributed by atoms with E-state index < -0.39 is 5.97 Å². The van der Waals surface area contributed by atoms with Crippen LogP contribution in [0.3, 0.4) is 0 Å². The van der Waals surface area contributed by atoms with Crippen molar-refractivity contribution < 1.29 is 9.90 Å². The van der Waals surface area contributed by atoms with Crippen LogP contribution in [-0.2, 0) is 4.79 Å². The lowest BCUT2D eigenvalue weighted by atomic mass is 10.4. The number of hydrogen-bond acceptors (Lipinski definition) is 2. The van der Waals surface area contributed by atoms with Gasteiger partial charge in [0.05, 0.1) is 6.42 Å². The molecule has 0 rings (SSSR count). The van der Waals surface area contributed by atoms with E-state index in [4.69, 9.17) is 5.11 Å². The second-order valence-electron chi connectivity index (χ2n) is 2.48. The topological polar surface area (TPSA) is 40.5 Å². The maximum absolute atomic E-state index is 10.1. The molecule has 0 saturated carbocycles. The quantitative estimate of drug-likeness (QED) is 0.604. The SMILES string of the molecule is CC=CCN(C)CCC(=O)O. The highest BCUT2D eigenvalue weighted by atomic mass is 16.4. The summed E-state index contributed by atoms with van der Waals surface area (Å²) in [7, 11) is 1.91. The Morgan fingerprint density at radius 3 is 2.73 bits per heavy atom. The number of carboxylic acid groups (broad SMARTS) is 1. The first-order chi connectivity index (χ1) is 5.16. The minimum absolute atomic E-state index is 0.216. The average Bonchev–Trinajstić information content (AvgIpc) is 1.97. The van der Waals surface area contributed by atoms with Crippen LogP contribution in [0.25, 0.3) is 0 Å². The molecule has 1 N–H and O–H groups in total. The monoisotopic (exact) mass is 157 g/mol. The van der Waals surface area contributed by atoms with Gasteiger partial charge in [-0.3, -0.25) is 4.79 Å². The van der Waals surface area contributed by atoms with Crippen molar-refractivity contribution >= 4 is 5.97 Å². The van der Waals surface area contributed by atoms with Crippen molar-refractivity contribution in [2.24, 2.45) is 0 Å². The Morgan fingerprint density at radius 2 is 2.27 bits per heavy atom. The zero-order chi connectivity index (χ0) is 8.69. The molecule has 0 saturated heterocycles. The van der Waals surface area contributed by atoms with Crippen LogP contribution in [0, 0.1) is 0 Å². The maximum Gasteiger partial charge on any atom is 0.304 e. The molecule has 0 aromatic heterocycles. The van der Waals surface area contributed by atoms with Crippen molar-refractivity contribution in [2.75, 3.05) is 20.1 Å². The van der Waals surface area contributed by atoms with E-state index in [9.17, 15) is 4.79 Å². The lowest BCUT2D eigenvalue weighted by molar-refractivity contribution is -0.137. The van der Waals surface area contributed by atoms with Gasteiger partial charge < -0.3 is 10.0 Å². The molecule has 0 bridgehead atoms. The Bertz CT molecular complexity index is 143. The van der Waals surface area contributed by atoms with Gasteiger partial charge in [0.1, 0.15) is 0 Å². The molecular weight excluding hydrogens is 142 g/mol. The third-order valence-electron chi connectivity index (χ3n) is 1.36. The van der Waals surface area contributed by atoms with Crippen molar-refractivity contribution in [3.05, 3.63) is 12.2 Å². The Labute approximate surface area is 67.3 Å². The van der Waals surface area contributed by atoms with Crippen LogP contribution >= 0.6 is 0 Å². The third kappa shape index (κ3) is 7.06. The first kappa shape index (κ1) is 10.2. The fourth-order valence-corrected chi connectivity index (χ4v) is 0.663. The highest BCUT2D eigenvalue weighted by molar-refractivity contribution is 5.66. The molecule has 0 fully saturated rings. The fraction of sp³-hybridized carbons (Fsp3) is 0.625. The van der Waals surface area contributed by atoms with Crippen LogP contribution in [0.15, 0.2) is 12.2 Å². The van der Waals surface area contributed by atoms with Crippen LogP contribution in [0.4, 0.5) is 0 Å². The van der Waals surface area contributed by atoms with E-state index >= 15 is 0 Å². The molecule has 0 radical (unpaired) electrons. The zero-order valence-corrected chi connectivity index (χ0v) is 7.08. The molecule has 0 amide bonds. The molecule has 0 atom stereocenters. The van der Waals surface area contributed by atoms with Gasteiger partial charge in [-0.05, 0) is 14.0 Å². The highest BCUT2D eigenvalue weighted by Crippen LogP contribution is 1.87. The molecule has 3 nitrogen and oxygen atoms in total. The summed E-state index contributed by atoms with van der Waals surface area (Å²) in [6.07, 6.45) is 4.17. The third-order valence-corrected chi connectivity index (χ3v) is 1.36. The molecule has 0 aliphatic heterocycles. The van der Waals surface area contributed by atoms with E-state index in [1.165, 1.54) is 0 Å². The number of hydrogen-bond donors (Lipinski definition) is 1. The smallest absolute Gasteiger partial charge is 0.304 e. The molecular formula is C8H15NO2. The minimum atomic E-state index is -0.739. The number of rotatable bonds is 5. The highest BCUT2D eigenvalue weighted by Gasteiger charge is 1.99. The van der Waals surface area contributed by atoms with Crippen LogP contribution in [-0.4, -0.2) is 36.1 Å². The molecule has 11 heavy (non-hydrogen) atoms. The molecule has 3 heteroatoms. The predicted molar refractivity (Wildman–Crippen MR) is 44.6 cm³/mol. The summed E-state index contributed by atoms with van der Waals surface area (Å²) in [5.41, 5.74) is 0. The van der Waals surface area contributed by atoms with Gasteiger partial charge in [-0.2, -0.15) is 0 Å². The van der Waals surface area contributed by atoms with Gasteiger partial charge in [-0.25, -0.2) is 0 Å². The van der Waals surface area contributed by atoms with Crippen molar-refractivity contribution in [3.63, 3.8) is 0 Å². The molecule has 64 valence electrons. The largest absolute Gasteiger partial charge is 0.481 e. The van der Waals surface area contributed by atoms with Crippen LogP contribution in [0.2, 0.25) is 0 Å². The normalized spacial score (nSPS) is 11.2. The Kier molecular flexibility index (Phi) is 5.47. The van der Waals surface area contributed by atoms with Gasteiger partial charge in [0.2, 0.25) is 0 Å². The number of allylic oxidation sites excluding steroid dienone is 1. The second kappa shape index (κ2) is 5.92. The van der Waals surface area contributed by atoms with E-state index in [1.807, 2.05) is 31.0 Å². The van der Waals surface area contributed by atoms with E-state index in [-0.39, 0.29) is 6.42 Å². The Hall–Kier alpha value is -0.830. The molecule has 0 aliphatic carbocycles. The lowest BCUT2D eigenvalue weighted by Crippen LogP contribution is -2.21. The van der Waals surface area contributed by atoms with Gasteiger partial charge in [0, 0.05) is 13.1 Å². The van der Waals surface area contributed by atoms with Crippen molar-refractivity contribution in [1.82, 2.24) is 4.90 Å². The van der Waals surface area contributed by atoms with Gasteiger partial charge >= 0.3 is 5.97 Å². The Balaban J connectivity index is 3.36. The van der Waals surface area contributed by atoms with E-state index in [0.29, 0.717) is 6.54 Å². The van der Waals surface area contributed by atoms with Gasteiger partial charge in [0.15, 0.2) is 0 Å². The predicted octanol–water partition coefficient (Wildman–Crippen LogP) is 0.969. The standard InChI is InChI=1S/C8H15NO2/c1-3-4-6-9(2)7-5-8(10)11/h3-4H,5-7H2,1-2H3,(H,10,11). The van der Waals surface area contributed by atoms with Gasteiger partial charge in [0.25, 0.3) is 0 Å². The first-order valence-corrected chi connectivity index (χ1v) is 3.68. The number of aliphatic carboxylic acids is 1. The fourth-order valence-electron chi connectivity index (χ4n) is 0.663. The number of carboxylic acids is 1. The average molecular weight is 157 g/mol. The molecule has 0 aromatic rings. The van der Waals surface area contributed by atoms with Gasteiger partial charge in [-0.1, -0.05) is 12.2 Å². The molecule has 0 aromatic carbocycles. The molecule has 0 unspecified atom stereocenters.